The monoisotopic (exact) mass is 304 g/mol. The van der Waals surface area contributed by atoms with Gasteiger partial charge in [0.2, 0.25) is 9.28 Å². The molecule has 9 heteroatoms. The summed E-state index contributed by atoms with van der Waals surface area (Å²) in [7, 11) is -12.2. The number of hydrogen-bond donors (Lipinski definition) is 0. The minimum Gasteiger partial charge on any atom is -0.455 e. The lowest BCUT2D eigenvalue weighted by atomic mass is 10.6. The van der Waals surface area contributed by atoms with Crippen LogP contribution in [-0.4, -0.2) is 35.5 Å². The molecular weight excluding hydrogens is 285 g/mol. The van der Waals surface area contributed by atoms with Crippen molar-refractivity contribution in [3.05, 3.63) is 12.3 Å². The van der Waals surface area contributed by atoms with Crippen LogP contribution in [0.5, 0.6) is 0 Å². The molecule has 0 saturated carbocycles. The molecule has 0 N–H and O–H groups in total. The predicted molar refractivity (Wildman–Crippen MR) is 69.7 cm³/mol. The number of halogens is 3. The fourth-order valence-electron chi connectivity index (χ4n) is 1.13. The molecule has 0 aliphatic rings. The molecule has 0 heterocycles. The van der Waals surface area contributed by atoms with Crippen molar-refractivity contribution in [2.45, 2.75) is 32.5 Å². The summed E-state index contributed by atoms with van der Waals surface area (Å²) >= 11 is 0. The van der Waals surface area contributed by atoms with Gasteiger partial charge in [-0.05, 0) is 19.1 Å². The van der Waals surface area contributed by atoms with Gasteiger partial charge in [-0.15, -0.1) is 6.58 Å². The molecule has 96 valence electrons. The van der Waals surface area contributed by atoms with E-state index in [-0.39, 0.29) is 6.04 Å². The Morgan fingerprint density at radius 3 is 2.44 bits per heavy atom. The van der Waals surface area contributed by atoms with Crippen molar-refractivity contribution in [3.8, 4) is 0 Å². The Bertz CT molecular complexity index is 228. The Morgan fingerprint density at radius 2 is 2.00 bits per heavy atom. The molecule has 0 bridgehead atoms. The first-order valence-corrected chi connectivity index (χ1v) is 14.6. The van der Waals surface area contributed by atoms with E-state index in [0.29, 0.717) is 6.42 Å². The molecule has 2 nitrogen and oxygen atoms in total. The molecule has 2 atom stereocenters. The normalized spacial score (nSPS) is 18.6. The smallest absolute Gasteiger partial charge is 0.455 e. The zero-order valence-electron chi connectivity index (χ0n) is 9.93. The fourth-order valence-corrected chi connectivity index (χ4v) is 14.9. The summed E-state index contributed by atoms with van der Waals surface area (Å²) in [6.45, 7) is 8.21. The molecule has 0 aliphatic carbocycles. The minimum absolute atomic E-state index is 0.123. The van der Waals surface area contributed by atoms with Crippen molar-refractivity contribution in [1.82, 2.24) is 0 Å². The van der Waals surface area contributed by atoms with Crippen molar-refractivity contribution in [1.29, 1.82) is 0 Å². The molecule has 0 aromatic heterocycles. The summed E-state index contributed by atoms with van der Waals surface area (Å²) in [5.74, 6) is 0. The van der Waals surface area contributed by atoms with Gasteiger partial charge in [-0.3, -0.25) is 4.11 Å². The van der Waals surface area contributed by atoms with E-state index in [1.54, 1.807) is 19.2 Å². The van der Waals surface area contributed by atoms with Gasteiger partial charge in [0.15, 0.2) is 9.04 Å². The van der Waals surface area contributed by atoms with Crippen LogP contribution in [0.15, 0.2) is 12.3 Å². The van der Waals surface area contributed by atoms with Gasteiger partial charge in [-0.25, -0.2) is 8.22 Å². The van der Waals surface area contributed by atoms with Crippen LogP contribution in [0.4, 0.5) is 12.3 Å². The van der Waals surface area contributed by atoms with Crippen LogP contribution in [-0.2, 0) is 8.23 Å². The van der Waals surface area contributed by atoms with Gasteiger partial charge in [0.05, 0.1) is 0 Å². The van der Waals surface area contributed by atoms with E-state index >= 15 is 0 Å². The summed E-state index contributed by atoms with van der Waals surface area (Å²) < 4.78 is 49.9. The standard InChI is InChI=1S/C7H19F3O2Si4/c1-5-7-15(4,8)12-16(9,10)13-11-14(3)6-2/h6,14H,2,5,7,13H2,1,3-4H3. The second-order valence-electron chi connectivity index (χ2n) is 3.84. The highest BCUT2D eigenvalue weighted by atomic mass is 29.3. The molecule has 0 aromatic rings. The Balaban J connectivity index is 4.17. The highest BCUT2D eigenvalue weighted by molar-refractivity contribution is 7.14. The first-order valence-electron chi connectivity index (χ1n) is 5.23. The maximum atomic E-state index is 13.6. The largest absolute Gasteiger partial charge is 0.560 e. The third-order valence-corrected chi connectivity index (χ3v) is 13.8. The zero-order chi connectivity index (χ0) is 12.8. The van der Waals surface area contributed by atoms with Crippen LogP contribution < -0.4 is 0 Å². The third-order valence-electron chi connectivity index (χ3n) is 1.90. The molecule has 0 fully saturated rings. The second kappa shape index (κ2) is 6.91. The SMILES string of the molecule is C=C[SiH](C)O[SiH2][Si](F)(F)O[Si](C)(F)CCC. The van der Waals surface area contributed by atoms with E-state index in [4.69, 9.17) is 4.12 Å². The minimum atomic E-state index is -4.86. The summed E-state index contributed by atoms with van der Waals surface area (Å²) in [6, 6.07) is 0.123. The first-order chi connectivity index (χ1) is 7.22. The lowest BCUT2D eigenvalue weighted by Crippen LogP contribution is -2.48. The maximum absolute atomic E-state index is 13.6. The topological polar surface area (TPSA) is 18.5 Å². The zero-order valence-corrected chi connectivity index (χ0v) is 14.5. The molecule has 0 rings (SSSR count). The van der Waals surface area contributed by atoms with Crippen molar-refractivity contribution in [2.75, 3.05) is 0 Å². The molecule has 0 radical (unpaired) electrons. The van der Waals surface area contributed by atoms with Crippen LogP contribution in [0.2, 0.25) is 19.1 Å². The van der Waals surface area contributed by atoms with E-state index in [9.17, 15) is 12.3 Å². The van der Waals surface area contributed by atoms with Crippen LogP contribution in [0, 0.1) is 0 Å². The van der Waals surface area contributed by atoms with Gasteiger partial charge in [0.1, 0.15) is 0 Å². The lowest BCUT2D eigenvalue weighted by molar-refractivity contribution is 0.356. The molecule has 0 aliphatic heterocycles. The first kappa shape index (κ1) is 16.3. The van der Waals surface area contributed by atoms with Gasteiger partial charge in [0, 0.05) is 0 Å². The molecule has 2 unspecified atom stereocenters. The van der Waals surface area contributed by atoms with Crippen LogP contribution in [0.1, 0.15) is 13.3 Å². The molecule has 0 saturated heterocycles. The fraction of sp³-hybridized carbons (Fsp3) is 0.714. The Morgan fingerprint density at radius 1 is 1.44 bits per heavy atom. The van der Waals surface area contributed by atoms with Crippen LogP contribution in [0.3, 0.4) is 0 Å². The highest BCUT2D eigenvalue weighted by Gasteiger charge is 2.47. The molecule has 0 aromatic carbocycles. The van der Waals surface area contributed by atoms with Gasteiger partial charge >= 0.3 is 17.2 Å². The van der Waals surface area contributed by atoms with E-state index in [1.807, 2.05) is 0 Å². The Hall–Kier alpha value is 0.318. The molecule has 16 heavy (non-hydrogen) atoms. The summed E-state index contributed by atoms with van der Waals surface area (Å²) in [4.78, 5) is 0. The third kappa shape index (κ3) is 7.57. The Kier molecular flexibility index (Phi) is 7.05. The average molecular weight is 305 g/mol. The average Bonchev–Trinajstić information content (AvgIpc) is 2.12. The van der Waals surface area contributed by atoms with Crippen molar-refractivity contribution >= 4 is 35.5 Å². The molecular formula is C7H19F3O2Si4. The second-order valence-corrected chi connectivity index (χ2v) is 15.5. The lowest BCUT2D eigenvalue weighted by Gasteiger charge is -2.23. The van der Waals surface area contributed by atoms with Crippen molar-refractivity contribution < 1.29 is 20.6 Å². The highest BCUT2D eigenvalue weighted by Crippen LogP contribution is 2.22. The molecule has 0 spiro atoms. The summed E-state index contributed by atoms with van der Waals surface area (Å²) in [5, 5.41) is 0. The van der Waals surface area contributed by atoms with E-state index in [2.05, 4.69) is 10.7 Å². The van der Waals surface area contributed by atoms with Gasteiger partial charge < -0.3 is 8.23 Å². The van der Waals surface area contributed by atoms with Gasteiger partial charge in [0.25, 0.3) is 0 Å². The van der Waals surface area contributed by atoms with Crippen molar-refractivity contribution in [2.24, 2.45) is 0 Å². The number of hydrogen-bond acceptors (Lipinski definition) is 2. The Labute approximate surface area is 101 Å². The van der Waals surface area contributed by atoms with E-state index in [0.717, 1.165) is 0 Å². The molecule has 0 amide bonds. The van der Waals surface area contributed by atoms with E-state index < -0.39 is 35.5 Å². The maximum Gasteiger partial charge on any atom is 0.560 e. The quantitative estimate of drug-likeness (QED) is 0.504. The predicted octanol–water partition coefficient (Wildman–Crippen LogP) is 2.01. The summed E-state index contributed by atoms with van der Waals surface area (Å²) in [6.07, 6.45) is 0.532. The van der Waals surface area contributed by atoms with Crippen molar-refractivity contribution in [3.63, 3.8) is 0 Å². The summed E-state index contributed by atoms with van der Waals surface area (Å²) in [5.41, 5.74) is 1.58. The van der Waals surface area contributed by atoms with Crippen LogP contribution >= 0.6 is 0 Å². The van der Waals surface area contributed by atoms with Gasteiger partial charge in [-0.1, -0.05) is 19.0 Å². The van der Waals surface area contributed by atoms with Gasteiger partial charge in [-0.2, -0.15) is 0 Å². The number of rotatable bonds is 8. The van der Waals surface area contributed by atoms with E-state index in [1.165, 1.54) is 6.55 Å². The van der Waals surface area contributed by atoms with Crippen LogP contribution in [0.25, 0.3) is 0 Å².